The highest BCUT2D eigenvalue weighted by Gasteiger charge is 2.33. The zero-order chi connectivity index (χ0) is 18.8. The second-order valence-electron chi connectivity index (χ2n) is 6.31. The van der Waals surface area contributed by atoms with Crippen LogP contribution in [0.25, 0.3) is 0 Å². The third-order valence-electron chi connectivity index (χ3n) is 4.42. The summed E-state index contributed by atoms with van der Waals surface area (Å²) in [6.07, 6.45) is 0.109. The van der Waals surface area contributed by atoms with Gasteiger partial charge in [-0.1, -0.05) is 35.9 Å². The van der Waals surface area contributed by atoms with E-state index in [1.807, 2.05) is 39.0 Å². The highest BCUT2D eigenvalue weighted by molar-refractivity contribution is 7.89. The number of sulfonamides is 1. The fraction of sp³-hybridized carbons (Fsp3) is 0.316. The third kappa shape index (κ3) is 4.27. The first-order valence-electron chi connectivity index (χ1n) is 7.96. The number of carbonyl (C=O) groups is 1. The van der Waals surface area contributed by atoms with E-state index >= 15 is 0 Å². The molecule has 0 aliphatic rings. The van der Waals surface area contributed by atoms with Gasteiger partial charge < -0.3 is 5.11 Å². The van der Waals surface area contributed by atoms with Gasteiger partial charge in [-0.25, -0.2) is 8.42 Å². The van der Waals surface area contributed by atoms with Crippen molar-refractivity contribution in [3.05, 3.63) is 64.7 Å². The Morgan fingerprint density at radius 1 is 1.04 bits per heavy atom. The van der Waals surface area contributed by atoms with Gasteiger partial charge in [0, 0.05) is 7.05 Å². The van der Waals surface area contributed by atoms with Gasteiger partial charge in [0.2, 0.25) is 10.0 Å². The molecule has 0 aliphatic heterocycles. The van der Waals surface area contributed by atoms with Crippen molar-refractivity contribution < 1.29 is 18.3 Å². The van der Waals surface area contributed by atoms with Gasteiger partial charge in [0.15, 0.2) is 0 Å². The number of rotatable bonds is 6. The van der Waals surface area contributed by atoms with Crippen LogP contribution in [0.3, 0.4) is 0 Å². The summed E-state index contributed by atoms with van der Waals surface area (Å²) >= 11 is 0. The van der Waals surface area contributed by atoms with Crippen LogP contribution in [0.5, 0.6) is 0 Å². The molecular weight excluding hydrogens is 338 g/mol. The molecule has 0 aromatic heterocycles. The summed E-state index contributed by atoms with van der Waals surface area (Å²) in [6.45, 7) is 5.78. The molecule has 134 valence electrons. The van der Waals surface area contributed by atoms with Crippen LogP contribution in [0.15, 0.2) is 47.4 Å². The largest absolute Gasteiger partial charge is 0.480 e. The van der Waals surface area contributed by atoms with Gasteiger partial charge in [-0.3, -0.25) is 4.79 Å². The smallest absolute Gasteiger partial charge is 0.322 e. The van der Waals surface area contributed by atoms with Crippen LogP contribution in [-0.4, -0.2) is 36.9 Å². The Morgan fingerprint density at radius 2 is 1.64 bits per heavy atom. The number of carboxylic acid groups (broad SMARTS) is 1. The van der Waals surface area contributed by atoms with Crippen LogP contribution in [0.4, 0.5) is 0 Å². The van der Waals surface area contributed by atoms with Crippen LogP contribution in [0, 0.1) is 20.8 Å². The van der Waals surface area contributed by atoms with Gasteiger partial charge in [-0.2, -0.15) is 4.31 Å². The molecular formula is C19H23NO4S. The molecule has 6 heteroatoms. The van der Waals surface area contributed by atoms with E-state index in [1.165, 1.54) is 19.2 Å². The molecule has 0 saturated carbocycles. The van der Waals surface area contributed by atoms with Crippen molar-refractivity contribution in [1.82, 2.24) is 4.31 Å². The number of benzene rings is 2. The molecule has 0 fully saturated rings. The quantitative estimate of drug-likeness (QED) is 0.858. The van der Waals surface area contributed by atoms with Crippen LogP contribution >= 0.6 is 0 Å². The number of aryl methyl sites for hydroxylation is 3. The standard InChI is InChI=1S/C19H23NO4S/c1-13-5-9-17(10-6-13)25(23,24)20(4)18(19(21)22)12-16-8-7-14(2)15(3)11-16/h5-11,18H,12H2,1-4H3,(H,21,22)/t18-/m0/s1. The molecule has 0 amide bonds. The molecule has 0 heterocycles. The van der Waals surface area contributed by atoms with Gasteiger partial charge >= 0.3 is 5.97 Å². The molecule has 25 heavy (non-hydrogen) atoms. The maximum Gasteiger partial charge on any atom is 0.322 e. The normalized spacial score (nSPS) is 13.0. The first-order valence-corrected chi connectivity index (χ1v) is 9.40. The molecule has 0 aliphatic carbocycles. The Morgan fingerprint density at radius 3 is 2.16 bits per heavy atom. The van der Waals surface area contributed by atoms with Crippen LogP contribution in [0.1, 0.15) is 22.3 Å². The monoisotopic (exact) mass is 361 g/mol. The number of likely N-dealkylation sites (N-methyl/N-ethyl adjacent to an activating group) is 1. The topological polar surface area (TPSA) is 74.7 Å². The van der Waals surface area contributed by atoms with Crippen molar-refractivity contribution in [2.45, 2.75) is 38.1 Å². The number of aliphatic carboxylic acids is 1. The van der Waals surface area contributed by atoms with Crippen molar-refractivity contribution in [2.24, 2.45) is 0 Å². The lowest BCUT2D eigenvalue weighted by atomic mass is 10.0. The van der Waals surface area contributed by atoms with Gasteiger partial charge in [0.25, 0.3) is 0 Å². The Hall–Kier alpha value is -2.18. The minimum Gasteiger partial charge on any atom is -0.480 e. The highest BCUT2D eigenvalue weighted by Crippen LogP contribution is 2.20. The van der Waals surface area contributed by atoms with E-state index < -0.39 is 22.0 Å². The van der Waals surface area contributed by atoms with Crippen molar-refractivity contribution in [1.29, 1.82) is 0 Å². The summed E-state index contributed by atoms with van der Waals surface area (Å²) in [5.41, 5.74) is 3.88. The molecule has 1 N–H and O–H groups in total. The average molecular weight is 361 g/mol. The minimum atomic E-state index is -3.89. The predicted octanol–water partition coefficient (Wildman–Crippen LogP) is 2.93. The summed E-state index contributed by atoms with van der Waals surface area (Å²) in [6, 6.07) is 10.9. The van der Waals surface area contributed by atoms with E-state index in [-0.39, 0.29) is 11.3 Å². The molecule has 0 saturated heterocycles. The van der Waals surface area contributed by atoms with Crippen molar-refractivity contribution in [2.75, 3.05) is 7.05 Å². The van der Waals surface area contributed by atoms with E-state index in [9.17, 15) is 18.3 Å². The zero-order valence-corrected chi connectivity index (χ0v) is 15.7. The first kappa shape index (κ1) is 19.1. The van der Waals surface area contributed by atoms with Crippen LogP contribution < -0.4 is 0 Å². The molecule has 1 atom stereocenters. The zero-order valence-electron chi connectivity index (χ0n) is 14.9. The van der Waals surface area contributed by atoms with E-state index in [1.54, 1.807) is 12.1 Å². The van der Waals surface area contributed by atoms with E-state index in [2.05, 4.69) is 0 Å². The second kappa shape index (κ2) is 7.37. The SMILES string of the molecule is Cc1ccc(S(=O)(=O)N(C)[C@@H](Cc2ccc(C)c(C)c2)C(=O)O)cc1. The van der Waals surface area contributed by atoms with Gasteiger partial charge in [0.1, 0.15) is 6.04 Å². The molecule has 5 nitrogen and oxygen atoms in total. The second-order valence-corrected chi connectivity index (χ2v) is 8.31. The van der Waals surface area contributed by atoms with Crippen molar-refractivity contribution in [3.8, 4) is 0 Å². The maximum absolute atomic E-state index is 12.8. The van der Waals surface area contributed by atoms with Crippen molar-refractivity contribution >= 4 is 16.0 Å². The Kier molecular flexibility index (Phi) is 5.65. The van der Waals surface area contributed by atoms with Gasteiger partial charge in [-0.15, -0.1) is 0 Å². The minimum absolute atomic E-state index is 0.0898. The van der Waals surface area contributed by atoms with Crippen molar-refractivity contribution in [3.63, 3.8) is 0 Å². The van der Waals surface area contributed by atoms with E-state index in [0.717, 1.165) is 26.6 Å². The summed E-state index contributed by atoms with van der Waals surface area (Å²) < 4.78 is 26.5. The van der Waals surface area contributed by atoms with E-state index in [4.69, 9.17) is 0 Å². The molecule has 0 radical (unpaired) electrons. The highest BCUT2D eigenvalue weighted by atomic mass is 32.2. The molecule has 0 unspecified atom stereocenters. The van der Waals surface area contributed by atoms with Gasteiger partial charge in [0.05, 0.1) is 4.90 Å². The number of nitrogens with zero attached hydrogens (tertiary/aromatic N) is 1. The third-order valence-corrected chi connectivity index (χ3v) is 6.30. The van der Waals surface area contributed by atoms with E-state index in [0.29, 0.717) is 0 Å². The molecule has 0 bridgehead atoms. The summed E-state index contributed by atoms with van der Waals surface area (Å²) in [7, 11) is -2.57. The average Bonchev–Trinajstić information content (AvgIpc) is 2.55. The summed E-state index contributed by atoms with van der Waals surface area (Å²) in [5.74, 6) is -1.17. The Bertz CT molecular complexity index is 873. The summed E-state index contributed by atoms with van der Waals surface area (Å²) in [5, 5.41) is 9.58. The number of carboxylic acids is 1. The predicted molar refractivity (Wildman–Crippen MR) is 97.2 cm³/mol. The molecule has 2 rings (SSSR count). The fourth-order valence-electron chi connectivity index (χ4n) is 2.57. The molecule has 2 aromatic rings. The Labute approximate surface area is 149 Å². The van der Waals surface area contributed by atoms with Crippen LogP contribution in [0.2, 0.25) is 0 Å². The Balaban J connectivity index is 2.33. The number of hydrogen-bond donors (Lipinski definition) is 1. The maximum atomic E-state index is 12.8. The van der Waals surface area contributed by atoms with Gasteiger partial charge in [-0.05, 0) is 56.0 Å². The summed E-state index contributed by atoms with van der Waals surface area (Å²) in [4.78, 5) is 11.8. The van der Waals surface area contributed by atoms with Crippen LogP contribution in [-0.2, 0) is 21.2 Å². The molecule has 0 spiro atoms. The lowest BCUT2D eigenvalue weighted by Crippen LogP contribution is -2.43. The first-order chi connectivity index (χ1) is 11.6. The lowest BCUT2D eigenvalue weighted by molar-refractivity contribution is -0.141. The molecule has 2 aromatic carbocycles. The lowest BCUT2D eigenvalue weighted by Gasteiger charge is -2.24. The number of hydrogen-bond acceptors (Lipinski definition) is 3. The fourth-order valence-corrected chi connectivity index (χ4v) is 3.88.